The average molecular weight is 344 g/mol. The molecule has 3 rings (SSSR count). The SMILES string of the molecule is COC(=O)C(C)Sc1nc(C)nc2sc(-c3ccccc3)cc12. The molecule has 0 saturated heterocycles. The van der Waals surface area contributed by atoms with Gasteiger partial charge in [-0.2, -0.15) is 0 Å². The first kappa shape index (κ1) is 16.0. The Balaban J connectivity index is 2.04. The van der Waals surface area contributed by atoms with Gasteiger partial charge in [-0.05, 0) is 25.5 Å². The van der Waals surface area contributed by atoms with Crippen LogP contribution in [-0.2, 0) is 9.53 Å². The summed E-state index contributed by atoms with van der Waals surface area (Å²) in [4.78, 5) is 22.8. The molecule has 2 heterocycles. The Labute approximate surface area is 142 Å². The highest BCUT2D eigenvalue weighted by Crippen LogP contribution is 2.37. The highest BCUT2D eigenvalue weighted by Gasteiger charge is 2.19. The molecule has 0 N–H and O–H groups in total. The smallest absolute Gasteiger partial charge is 0.318 e. The van der Waals surface area contributed by atoms with Crippen molar-refractivity contribution in [3.8, 4) is 10.4 Å². The Morgan fingerprint density at radius 2 is 2.00 bits per heavy atom. The van der Waals surface area contributed by atoms with E-state index in [4.69, 9.17) is 4.74 Å². The van der Waals surface area contributed by atoms with Crippen molar-refractivity contribution in [3.63, 3.8) is 0 Å². The van der Waals surface area contributed by atoms with Gasteiger partial charge >= 0.3 is 5.97 Å². The monoisotopic (exact) mass is 344 g/mol. The normalized spacial score (nSPS) is 12.3. The number of benzene rings is 1. The summed E-state index contributed by atoms with van der Waals surface area (Å²) < 4.78 is 4.80. The van der Waals surface area contributed by atoms with Crippen LogP contribution in [0.15, 0.2) is 41.4 Å². The Morgan fingerprint density at radius 3 is 2.70 bits per heavy atom. The summed E-state index contributed by atoms with van der Waals surface area (Å²) in [6.45, 7) is 3.69. The fourth-order valence-corrected chi connectivity index (χ4v) is 4.35. The topological polar surface area (TPSA) is 52.1 Å². The second-order valence-corrected chi connectivity index (χ2v) is 7.41. The number of hydrogen-bond acceptors (Lipinski definition) is 6. The summed E-state index contributed by atoms with van der Waals surface area (Å²) in [6, 6.07) is 12.3. The molecule has 3 aromatic rings. The fraction of sp³-hybridized carbons (Fsp3) is 0.235. The second-order valence-electron chi connectivity index (χ2n) is 5.05. The first-order valence-electron chi connectivity index (χ1n) is 7.16. The number of ether oxygens (including phenoxy) is 1. The molecule has 0 fully saturated rings. The molecule has 0 radical (unpaired) electrons. The third kappa shape index (κ3) is 3.38. The number of aromatic nitrogens is 2. The fourth-order valence-electron chi connectivity index (χ4n) is 2.21. The molecule has 0 aliphatic heterocycles. The van der Waals surface area contributed by atoms with E-state index in [1.54, 1.807) is 11.3 Å². The van der Waals surface area contributed by atoms with Gasteiger partial charge in [0.15, 0.2) is 0 Å². The maximum Gasteiger partial charge on any atom is 0.318 e. The minimum Gasteiger partial charge on any atom is -0.468 e. The molecule has 118 valence electrons. The summed E-state index contributed by atoms with van der Waals surface area (Å²) in [6.07, 6.45) is 0. The number of aryl methyl sites for hydroxylation is 1. The molecule has 0 bridgehead atoms. The lowest BCUT2D eigenvalue weighted by Gasteiger charge is -2.09. The Hall–Kier alpha value is -1.92. The number of carbonyl (C=O) groups excluding carboxylic acids is 1. The van der Waals surface area contributed by atoms with E-state index >= 15 is 0 Å². The number of thiophene rings is 1. The van der Waals surface area contributed by atoms with E-state index in [2.05, 4.69) is 28.2 Å². The van der Waals surface area contributed by atoms with Crippen LogP contribution in [-0.4, -0.2) is 28.3 Å². The van der Waals surface area contributed by atoms with E-state index in [9.17, 15) is 4.79 Å². The van der Waals surface area contributed by atoms with Gasteiger partial charge < -0.3 is 4.74 Å². The van der Waals surface area contributed by atoms with E-state index in [1.165, 1.54) is 18.9 Å². The van der Waals surface area contributed by atoms with Crippen molar-refractivity contribution in [2.45, 2.75) is 24.1 Å². The highest BCUT2D eigenvalue weighted by molar-refractivity contribution is 8.00. The highest BCUT2D eigenvalue weighted by atomic mass is 32.2. The van der Waals surface area contributed by atoms with E-state index in [1.807, 2.05) is 32.0 Å². The third-order valence-electron chi connectivity index (χ3n) is 3.35. The molecule has 0 saturated carbocycles. The number of fused-ring (bicyclic) bond motifs is 1. The molecule has 2 aromatic heterocycles. The number of nitrogens with zero attached hydrogens (tertiary/aromatic N) is 2. The average Bonchev–Trinajstić information content (AvgIpc) is 2.98. The maximum atomic E-state index is 11.7. The van der Waals surface area contributed by atoms with Gasteiger partial charge in [0.25, 0.3) is 0 Å². The molecular weight excluding hydrogens is 328 g/mol. The van der Waals surface area contributed by atoms with Crippen molar-refractivity contribution < 1.29 is 9.53 Å². The van der Waals surface area contributed by atoms with Gasteiger partial charge in [-0.1, -0.05) is 42.1 Å². The molecule has 0 amide bonds. The first-order chi connectivity index (χ1) is 11.1. The molecule has 1 unspecified atom stereocenters. The number of hydrogen-bond donors (Lipinski definition) is 0. The predicted molar refractivity (Wildman–Crippen MR) is 94.9 cm³/mol. The van der Waals surface area contributed by atoms with Gasteiger partial charge in [-0.25, -0.2) is 9.97 Å². The molecule has 4 nitrogen and oxygen atoms in total. The molecule has 23 heavy (non-hydrogen) atoms. The van der Waals surface area contributed by atoms with E-state index in [-0.39, 0.29) is 11.2 Å². The van der Waals surface area contributed by atoms with Gasteiger partial charge in [-0.15, -0.1) is 11.3 Å². The number of carbonyl (C=O) groups is 1. The number of thioether (sulfide) groups is 1. The van der Waals surface area contributed by atoms with E-state index in [0.717, 1.165) is 25.7 Å². The first-order valence-corrected chi connectivity index (χ1v) is 8.86. The van der Waals surface area contributed by atoms with Crippen molar-refractivity contribution in [1.82, 2.24) is 9.97 Å². The predicted octanol–water partition coefficient (Wildman–Crippen LogP) is 4.32. The summed E-state index contributed by atoms with van der Waals surface area (Å²) >= 11 is 3.05. The molecule has 1 aromatic carbocycles. The third-order valence-corrected chi connectivity index (χ3v) is 5.51. The molecule has 0 aliphatic carbocycles. The lowest BCUT2D eigenvalue weighted by Crippen LogP contribution is -2.14. The van der Waals surface area contributed by atoms with Crippen LogP contribution >= 0.6 is 23.1 Å². The van der Waals surface area contributed by atoms with Crippen LogP contribution in [0.2, 0.25) is 0 Å². The van der Waals surface area contributed by atoms with Crippen LogP contribution in [0, 0.1) is 6.92 Å². The van der Waals surface area contributed by atoms with Crippen molar-refractivity contribution in [2.24, 2.45) is 0 Å². The van der Waals surface area contributed by atoms with Crippen LogP contribution < -0.4 is 0 Å². The van der Waals surface area contributed by atoms with E-state index < -0.39 is 0 Å². The van der Waals surface area contributed by atoms with Gasteiger partial charge in [0, 0.05) is 10.3 Å². The number of methoxy groups -OCH3 is 1. The zero-order valence-electron chi connectivity index (χ0n) is 13.1. The molecule has 1 atom stereocenters. The van der Waals surface area contributed by atoms with Gasteiger partial charge in [-0.3, -0.25) is 4.79 Å². The van der Waals surface area contributed by atoms with Crippen LogP contribution in [0.5, 0.6) is 0 Å². The van der Waals surface area contributed by atoms with Crippen molar-refractivity contribution in [3.05, 3.63) is 42.2 Å². The minimum absolute atomic E-state index is 0.252. The van der Waals surface area contributed by atoms with Gasteiger partial charge in [0.05, 0.1) is 7.11 Å². The number of rotatable bonds is 4. The minimum atomic E-state index is -0.308. The van der Waals surface area contributed by atoms with Crippen molar-refractivity contribution in [1.29, 1.82) is 0 Å². The van der Waals surface area contributed by atoms with Crippen LogP contribution in [0.4, 0.5) is 0 Å². The lowest BCUT2D eigenvalue weighted by molar-refractivity contribution is -0.139. The van der Waals surface area contributed by atoms with E-state index in [0.29, 0.717) is 5.82 Å². The second kappa shape index (κ2) is 6.68. The van der Waals surface area contributed by atoms with Gasteiger partial charge in [0.2, 0.25) is 0 Å². The summed E-state index contributed by atoms with van der Waals surface area (Å²) in [5.41, 5.74) is 1.16. The van der Waals surface area contributed by atoms with Crippen molar-refractivity contribution >= 4 is 39.3 Å². The van der Waals surface area contributed by atoms with Crippen LogP contribution in [0.3, 0.4) is 0 Å². The molecular formula is C17H16N2O2S2. The number of esters is 1. The summed E-state index contributed by atoms with van der Waals surface area (Å²) in [7, 11) is 1.40. The summed E-state index contributed by atoms with van der Waals surface area (Å²) in [5, 5.41) is 1.50. The Kier molecular flexibility index (Phi) is 4.63. The quantitative estimate of drug-likeness (QED) is 0.401. The largest absolute Gasteiger partial charge is 0.468 e. The zero-order chi connectivity index (χ0) is 16.4. The lowest BCUT2D eigenvalue weighted by atomic mass is 10.2. The Bertz CT molecular complexity index is 846. The van der Waals surface area contributed by atoms with Crippen LogP contribution in [0.1, 0.15) is 12.7 Å². The maximum absolute atomic E-state index is 11.7. The molecule has 0 spiro atoms. The van der Waals surface area contributed by atoms with Gasteiger partial charge in [0.1, 0.15) is 20.9 Å². The summed E-state index contributed by atoms with van der Waals surface area (Å²) in [5.74, 6) is 0.455. The molecule has 6 heteroatoms. The zero-order valence-corrected chi connectivity index (χ0v) is 14.7. The standard InChI is InChI=1S/C17H16N2O2S2/c1-10(17(20)21-3)22-15-13-9-14(12-7-5-4-6-8-12)23-16(13)19-11(2)18-15/h4-10H,1-3H3. The Morgan fingerprint density at radius 1 is 1.26 bits per heavy atom. The van der Waals surface area contributed by atoms with Crippen molar-refractivity contribution in [2.75, 3.05) is 7.11 Å². The van der Waals surface area contributed by atoms with Crippen LogP contribution in [0.25, 0.3) is 20.7 Å². The molecule has 0 aliphatic rings.